The first kappa shape index (κ1) is 15.0. The normalized spacial score (nSPS) is 15.7. The van der Waals surface area contributed by atoms with E-state index in [1.807, 2.05) is 0 Å². The highest BCUT2D eigenvalue weighted by Gasteiger charge is 2.32. The quantitative estimate of drug-likeness (QED) is 0.771. The van der Waals surface area contributed by atoms with E-state index < -0.39 is 17.3 Å². The molecule has 1 atom stereocenters. The second-order valence-corrected chi connectivity index (χ2v) is 4.65. The Balaban J connectivity index is 2.35. The molecule has 0 aliphatic heterocycles. The first-order valence-electron chi connectivity index (χ1n) is 5.77. The van der Waals surface area contributed by atoms with E-state index in [-0.39, 0.29) is 6.54 Å². The molecule has 0 aliphatic carbocycles. The number of hydrogen-bond donors (Lipinski definition) is 2. The van der Waals surface area contributed by atoms with E-state index in [1.54, 1.807) is 6.92 Å². The van der Waals surface area contributed by atoms with Gasteiger partial charge in [-0.3, -0.25) is 4.68 Å². The molecule has 18 heavy (non-hydrogen) atoms. The van der Waals surface area contributed by atoms with Gasteiger partial charge in [0.1, 0.15) is 0 Å². The van der Waals surface area contributed by atoms with Gasteiger partial charge in [-0.15, -0.1) is 0 Å². The fraction of sp³-hybridized carbons (Fsp3) is 0.727. The Morgan fingerprint density at radius 2 is 2.06 bits per heavy atom. The summed E-state index contributed by atoms with van der Waals surface area (Å²) in [6.45, 7) is 2.21. The Kier molecular flexibility index (Phi) is 4.75. The van der Waals surface area contributed by atoms with Crippen LogP contribution >= 0.6 is 0 Å². The molecule has 104 valence electrons. The highest BCUT2D eigenvalue weighted by atomic mass is 19.4. The van der Waals surface area contributed by atoms with Crippen LogP contribution in [0.3, 0.4) is 0 Å². The number of rotatable bonds is 6. The van der Waals surface area contributed by atoms with E-state index in [2.05, 4.69) is 5.10 Å². The van der Waals surface area contributed by atoms with Gasteiger partial charge in [-0.1, -0.05) is 0 Å². The zero-order valence-corrected chi connectivity index (χ0v) is 10.2. The number of unbranched alkanes of at least 4 members (excludes halogenated alkanes) is 1. The molecule has 1 unspecified atom stereocenters. The fourth-order valence-corrected chi connectivity index (χ4v) is 1.51. The highest BCUT2D eigenvalue weighted by Crippen LogP contribution is 2.28. The lowest BCUT2D eigenvalue weighted by Gasteiger charge is -2.20. The summed E-state index contributed by atoms with van der Waals surface area (Å²) in [4.78, 5) is 0. The van der Waals surface area contributed by atoms with Gasteiger partial charge in [-0.2, -0.15) is 18.3 Å². The first-order chi connectivity index (χ1) is 8.24. The average Bonchev–Trinajstić information content (AvgIpc) is 2.73. The molecule has 0 amide bonds. The van der Waals surface area contributed by atoms with Crippen molar-refractivity contribution in [2.45, 2.75) is 44.5 Å². The van der Waals surface area contributed by atoms with Gasteiger partial charge in [-0.25, -0.2) is 0 Å². The van der Waals surface area contributed by atoms with Crippen molar-refractivity contribution in [1.82, 2.24) is 9.78 Å². The standard InChI is InChI=1S/C11H18F3N3O/c1-10(18,8-15)4-2-3-5-17-7-9(6-16-17)11(12,13)14/h6-7,18H,2-5,8,15H2,1H3. The number of aliphatic hydroxyl groups is 1. The van der Waals surface area contributed by atoms with Crippen molar-refractivity contribution in [2.75, 3.05) is 6.54 Å². The first-order valence-corrected chi connectivity index (χ1v) is 5.77. The number of halogens is 3. The van der Waals surface area contributed by atoms with Crippen LogP contribution in [0.2, 0.25) is 0 Å². The molecule has 0 spiro atoms. The minimum absolute atomic E-state index is 0.174. The number of hydrogen-bond acceptors (Lipinski definition) is 3. The van der Waals surface area contributed by atoms with Gasteiger partial charge in [0.15, 0.2) is 0 Å². The summed E-state index contributed by atoms with van der Waals surface area (Å²) in [5.74, 6) is 0. The molecule has 3 N–H and O–H groups in total. The molecule has 0 radical (unpaired) electrons. The van der Waals surface area contributed by atoms with Gasteiger partial charge in [0, 0.05) is 19.3 Å². The Morgan fingerprint density at radius 3 is 2.56 bits per heavy atom. The maximum Gasteiger partial charge on any atom is 0.419 e. The van der Waals surface area contributed by atoms with Crippen LogP contribution in [0, 0.1) is 0 Å². The van der Waals surface area contributed by atoms with Gasteiger partial charge in [0.2, 0.25) is 0 Å². The van der Waals surface area contributed by atoms with Crippen molar-refractivity contribution in [3.05, 3.63) is 18.0 Å². The topological polar surface area (TPSA) is 64.1 Å². The lowest BCUT2D eigenvalue weighted by molar-refractivity contribution is -0.137. The van der Waals surface area contributed by atoms with Crippen LogP contribution in [-0.4, -0.2) is 27.0 Å². The molecule has 1 heterocycles. The van der Waals surface area contributed by atoms with E-state index in [0.717, 1.165) is 12.4 Å². The zero-order chi connectivity index (χ0) is 13.8. The van der Waals surface area contributed by atoms with Gasteiger partial charge in [0.05, 0.1) is 17.4 Å². The van der Waals surface area contributed by atoms with E-state index >= 15 is 0 Å². The third-order valence-electron chi connectivity index (χ3n) is 2.75. The largest absolute Gasteiger partial charge is 0.419 e. The van der Waals surface area contributed by atoms with Crippen LogP contribution in [0.15, 0.2) is 12.4 Å². The molecule has 4 nitrogen and oxygen atoms in total. The third-order valence-corrected chi connectivity index (χ3v) is 2.75. The van der Waals surface area contributed by atoms with Crippen LogP contribution in [0.5, 0.6) is 0 Å². The predicted molar refractivity (Wildman–Crippen MR) is 60.8 cm³/mol. The van der Waals surface area contributed by atoms with E-state index in [4.69, 9.17) is 5.73 Å². The van der Waals surface area contributed by atoms with Crippen molar-refractivity contribution in [3.63, 3.8) is 0 Å². The SMILES string of the molecule is CC(O)(CN)CCCCn1cc(C(F)(F)F)cn1. The second-order valence-electron chi connectivity index (χ2n) is 4.65. The lowest BCUT2D eigenvalue weighted by Crippen LogP contribution is -2.33. The summed E-state index contributed by atoms with van der Waals surface area (Å²) in [6.07, 6.45) is -0.685. The van der Waals surface area contributed by atoms with Crippen LogP contribution < -0.4 is 5.73 Å². The molecular formula is C11H18F3N3O. The Labute approximate surface area is 104 Å². The number of nitrogens with zero attached hydrogens (tertiary/aromatic N) is 2. The van der Waals surface area contributed by atoms with Gasteiger partial charge in [-0.05, 0) is 26.2 Å². The second kappa shape index (κ2) is 5.71. The summed E-state index contributed by atoms with van der Waals surface area (Å²) in [6, 6.07) is 0. The van der Waals surface area contributed by atoms with Crippen molar-refractivity contribution in [1.29, 1.82) is 0 Å². The summed E-state index contributed by atoms with van der Waals surface area (Å²) < 4.78 is 38.1. The summed E-state index contributed by atoms with van der Waals surface area (Å²) in [5.41, 5.74) is 3.72. The molecule has 1 aromatic heterocycles. The average molecular weight is 265 g/mol. The molecular weight excluding hydrogens is 247 g/mol. The Bertz CT molecular complexity index is 374. The van der Waals surface area contributed by atoms with E-state index in [1.165, 1.54) is 4.68 Å². The summed E-state index contributed by atoms with van der Waals surface area (Å²) in [5, 5.41) is 13.3. The van der Waals surface area contributed by atoms with E-state index in [0.29, 0.717) is 25.8 Å². The Hall–Kier alpha value is -1.08. The molecule has 1 aromatic rings. The van der Waals surface area contributed by atoms with Crippen LogP contribution in [-0.2, 0) is 12.7 Å². The monoisotopic (exact) mass is 265 g/mol. The fourth-order valence-electron chi connectivity index (χ4n) is 1.51. The molecule has 7 heteroatoms. The summed E-state index contributed by atoms with van der Waals surface area (Å²) >= 11 is 0. The third kappa shape index (κ3) is 4.66. The molecule has 0 saturated heterocycles. The minimum atomic E-state index is -4.35. The van der Waals surface area contributed by atoms with Crippen molar-refractivity contribution in [2.24, 2.45) is 5.73 Å². The van der Waals surface area contributed by atoms with Crippen LogP contribution in [0.4, 0.5) is 13.2 Å². The van der Waals surface area contributed by atoms with Crippen LogP contribution in [0.25, 0.3) is 0 Å². The molecule has 0 aliphatic rings. The van der Waals surface area contributed by atoms with Crippen molar-refractivity contribution < 1.29 is 18.3 Å². The zero-order valence-electron chi connectivity index (χ0n) is 10.2. The van der Waals surface area contributed by atoms with Gasteiger partial charge < -0.3 is 10.8 Å². The lowest BCUT2D eigenvalue weighted by atomic mass is 9.99. The molecule has 1 rings (SSSR count). The van der Waals surface area contributed by atoms with Crippen LogP contribution in [0.1, 0.15) is 31.7 Å². The number of aryl methyl sites for hydroxylation is 1. The van der Waals surface area contributed by atoms with Gasteiger partial charge in [0.25, 0.3) is 0 Å². The highest BCUT2D eigenvalue weighted by molar-refractivity contribution is 5.08. The number of nitrogens with two attached hydrogens (primary N) is 1. The van der Waals surface area contributed by atoms with E-state index in [9.17, 15) is 18.3 Å². The molecule has 0 aromatic carbocycles. The number of aromatic nitrogens is 2. The Morgan fingerprint density at radius 1 is 1.39 bits per heavy atom. The predicted octanol–water partition coefficient (Wildman–Crippen LogP) is 1.78. The summed E-state index contributed by atoms with van der Waals surface area (Å²) in [7, 11) is 0. The van der Waals surface area contributed by atoms with Crippen molar-refractivity contribution in [3.8, 4) is 0 Å². The maximum absolute atomic E-state index is 12.3. The minimum Gasteiger partial charge on any atom is -0.389 e. The smallest absolute Gasteiger partial charge is 0.389 e. The molecule has 0 fully saturated rings. The van der Waals surface area contributed by atoms with Gasteiger partial charge >= 0.3 is 6.18 Å². The molecule has 0 bridgehead atoms. The maximum atomic E-state index is 12.3. The molecule has 0 saturated carbocycles. The number of alkyl halides is 3. The van der Waals surface area contributed by atoms with Crippen molar-refractivity contribution >= 4 is 0 Å².